The number of nitrogens with two attached hydrogens (primary N) is 1. The Kier molecular flexibility index (Phi) is 4.69. The Morgan fingerprint density at radius 2 is 2.19 bits per heavy atom. The number of hydrogen-bond acceptors (Lipinski definition) is 5. The highest BCUT2D eigenvalue weighted by atomic mass is 32.2. The second-order valence-corrected chi connectivity index (χ2v) is 8.72. The average molecular weight is 381 g/mol. The van der Waals surface area contributed by atoms with E-state index in [1.54, 1.807) is 26.8 Å². The Morgan fingerprint density at radius 1 is 1.50 bits per heavy atom. The molecule has 0 aliphatic carbocycles. The number of thioether (sulfide) groups is 1. The number of amides is 1. The standard InChI is InChI=1S/C18H24FN3O3S/c1-10-18(13-7-12(20)5-6-14(13)19)11(8-25-10)9-26-15(21-18)22(16(23)24)17(2,3)4/h5-7,10-11H,8-9,20H2,1-4H3,(H,23,24)/t10-,11?,18-/m0/s1. The minimum absolute atomic E-state index is 0.0573. The van der Waals surface area contributed by atoms with E-state index in [4.69, 9.17) is 15.5 Å². The van der Waals surface area contributed by atoms with Crippen molar-refractivity contribution in [3.8, 4) is 0 Å². The first-order chi connectivity index (χ1) is 12.1. The molecule has 142 valence electrons. The lowest BCUT2D eigenvalue weighted by Crippen LogP contribution is -2.52. The average Bonchev–Trinajstić information content (AvgIpc) is 2.85. The van der Waals surface area contributed by atoms with Crippen LogP contribution in [0.4, 0.5) is 14.9 Å². The summed E-state index contributed by atoms with van der Waals surface area (Å²) in [5, 5.41) is 10.1. The molecule has 1 amide bonds. The molecule has 0 bridgehead atoms. The number of aliphatic imine (C=N–C) groups is 1. The molecule has 2 heterocycles. The maximum atomic E-state index is 14.8. The molecule has 2 aliphatic rings. The molecule has 1 aromatic carbocycles. The van der Waals surface area contributed by atoms with Gasteiger partial charge in [0.15, 0.2) is 5.17 Å². The lowest BCUT2D eigenvalue weighted by molar-refractivity contribution is 0.0938. The Labute approximate surface area is 156 Å². The smallest absolute Gasteiger partial charge is 0.413 e. The van der Waals surface area contributed by atoms with Crippen molar-refractivity contribution < 1.29 is 19.0 Å². The number of carboxylic acid groups (broad SMARTS) is 1. The number of ether oxygens (including phenoxy) is 1. The second-order valence-electron chi connectivity index (χ2n) is 7.73. The first-order valence-electron chi connectivity index (χ1n) is 8.50. The summed E-state index contributed by atoms with van der Waals surface area (Å²) in [4.78, 5) is 17.9. The highest BCUT2D eigenvalue weighted by molar-refractivity contribution is 8.13. The van der Waals surface area contributed by atoms with Crippen LogP contribution in [0.1, 0.15) is 33.3 Å². The van der Waals surface area contributed by atoms with Gasteiger partial charge in [-0.05, 0) is 45.9 Å². The zero-order valence-corrected chi connectivity index (χ0v) is 16.1. The Balaban J connectivity index is 2.21. The molecular weight excluding hydrogens is 357 g/mol. The van der Waals surface area contributed by atoms with Gasteiger partial charge in [0.2, 0.25) is 0 Å². The normalized spacial score (nSPS) is 28.4. The number of benzene rings is 1. The maximum Gasteiger partial charge on any atom is 0.413 e. The third kappa shape index (κ3) is 2.95. The predicted octanol–water partition coefficient (Wildman–Crippen LogP) is 3.52. The molecule has 1 unspecified atom stereocenters. The molecule has 2 aliphatic heterocycles. The molecule has 26 heavy (non-hydrogen) atoms. The summed E-state index contributed by atoms with van der Waals surface area (Å²) in [5.74, 6) is 0.129. The van der Waals surface area contributed by atoms with E-state index >= 15 is 0 Å². The molecule has 1 saturated heterocycles. The number of rotatable bonds is 1. The minimum atomic E-state index is -1.09. The molecule has 3 rings (SSSR count). The van der Waals surface area contributed by atoms with Gasteiger partial charge < -0.3 is 15.6 Å². The molecule has 3 atom stereocenters. The van der Waals surface area contributed by atoms with Crippen molar-refractivity contribution in [1.82, 2.24) is 4.90 Å². The maximum absolute atomic E-state index is 14.8. The van der Waals surface area contributed by atoms with E-state index in [1.807, 2.05) is 6.92 Å². The van der Waals surface area contributed by atoms with Gasteiger partial charge in [-0.15, -0.1) is 0 Å². The molecule has 8 heteroatoms. The van der Waals surface area contributed by atoms with Crippen LogP contribution in [0.25, 0.3) is 0 Å². The van der Waals surface area contributed by atoms with Crippen LogP contribution in [0.15, 0.2) is 23.2 Å². The minimum Gasteiger partial charge on any atom is -0.465 e. The van der Waals surface area contributed by atoms with Gasteiger partial charge in [-0.3, -0.25) is 4.90 Å². The van der Waals surface area contributed by atoms with Crippen molar-refractivity contribution in [1.29, 1.82) is 0 Å². The van der Waals surface area contributed by atoms with Crippen LogP contribution in [-0.4, -0.2) is 45.3 Å². The molecular formula is C18H24FN3O3S. The number of hydrogen-bond donors (Lipinski definition) is 2. The van der Waals surface area contributed by atoms with Crippen molar-refractivity contribution in [3.05, 3.63) is 29.6 Å². The summed E-state index contributed by atoms with van der Waals surface area (Å²) >= 11 is 1.37. The summed E-state index contributed by atoms with van der Waals surface area (Å²) in [7, 11) is 0. The first-order valence-corrected chi connectivity index (χ1v) is 9.49. The topological polar surface area (TPSA) is 88.1 Å². The molecule has 0 radical (unpaired) electrons. The van der Waals surface area contributed by atoms with Gasteiger partial charge in [-0.25, -0.2) is 14.2 Å². The first kappa shape index (κ1) is 19.0. The molecule has 6 nitrogen and oxygen atoms in total. The number of nitrogens with zero attached hydrogens (tertiary/aromatic N) is 2. The Bertz CT molecular complexity index is 765. The Hall–Kier alpha value is -1.80. The van der Waals surface area contributed by atoms with Crippen LogP contribution in [-0.2, 0) is 10.3 Å². The summed E-state index contributed by atoms with van der Waals surface area (Å²) in [6.07, 6.45) is -1.48. The SMILES string of the molecule is C[C@@H]1OCC2CSC(N(C(=O)O)C(C)(C)C)=N[C@]21c1cc(N)ccc1F. The van der Waals surface area contributed by atoms with Gasteiger partial charge in [0.1, 0.15) is 11.4 Å². The Morgan fingerprint density at radius 3 is 2.81 bits per heavy atom. The van der Waals surface area contributed by atoms with Gasteiger partial charge in [-0.2, -0.15) is 0 Å². The zero-order valence-electron chi connectivity index (χ0n) is 15.3. The fraction of sp³-hybridized carbons (Fsp3) is 0.556. The van der Waals surface area contributed by atoms with E-state index in [1.165, 1.54) is 28.8 Å². The number of carbonyl (C=O) groups is 1. The lowest BCUT2D eigenvalue weighted by atomic mass is 9.77. The van der Waals surface area contributed by atoms with E-state index in [9.17, 15) is 14.3 Å². The van der Waals surface area contributed by atoms with Crippen LogP contribution in [0, 0.1) is 11.7 Å². The van der Waals surface area contributed by atoms with Crippen LogP contribution in [0.2, 0.25) is 0 Å². The molecule has 1 aromatic rings. The number of anilines is 1. The van der Waals surface area contributed by atoms with E-state index in [2.05, 4.69) is 0 Å². The van der Waals surface area contributed by atoms with Gasteiger partial charge in [0.25, 0.3) is 0 Å². The van der Waals surface area contributed by atoms with E-state index in [0.717, 1.165) is 0 Å². The van der Waals surface area contributed by atoms with Crippen LogP contribution in [0.3, 0.4) is 0 Å². The largest absolute Gasteiger partial charge is 0.465 e. The van der Waals surface area contributed by atoms with Crippen molar-refractivity contribution in [3.63, 3.8) is 0 Å². The summed E-state index contributed by atoms with van der Waals surface area (Å²) in [6, 6.07) is 4.43. The number of halogens is 1. The highest BCUT2D eigenvalue weighted by Crippen LogP contribution is 2.50. The predicted molar refractivity (Wildman–Crippen MR) is 101 cm³/mol. The van der Waals surface area contributed by atoms with E-state index in [0.29, 0.717) is 28.8 Å². The van der Waals surface area contributed by atoms with Crippen LogP contribution < -0.4 is 5.73 Å². The molecule has 0 aromatic heterocycles. The van der Waals surface area contributed by atoms with Gasteiger partial charge in [0.05, 0.1) is 12.7 Å². The quantitative estimate of drug-likeness (QED) is 0.727. The van der Waals surface area contributed by atoms with Crippen molar-refractivity contribution in [2.75, 3.05) is 18.1 Å². The number of nitrogen functional groups attached to an aromatic ring is 1. The third-order valence-electron chi connectivity index (χ3n) is 4.96. The fourth-order valence-corrected chi connectivity index (χ4v) is 5.09. The van der Waals surface area contributed by atoms with Crippen molar-refractivity contribution >= 4 is 28.7 Å². The number of fused-ring (bicyclic) bond motifs is 1. The van der Waals surface area contributed by atoms with E-state index in [-0.39, 0.29) is 5.92 Å². The van der Waals surface area contributed by atoms with Crippen LogP contribution in [0.5, 0.6) is 0 Å². The van der Waals surface area contributed by atoms with Crippen molar-refractivity contribution in [2.45, 2.75) is 44.9 Å². The monoisotopic (exact) mass is 381 g/mol. The summed E-state index contributed by atoms with van der Waals surface area (Å²) in [5.41, 5.74) is 5.04. The summed E-state index contributed by atoms with van der Waals surface area (Å²) in [6.45, 7) is 7.71. The van der Waals surface area contributed by atoms with Crippen LogP contribution >= 0.6 is 11.8 Å². The van der Waals surface area contributed by atoms with Gasteiger partial charge in [0, 0.05) is 28.5 Å². The lowest BCUT2D eigenvalue weighted by Gasteiger charge is -2.42. The molecule has 1 fully saturated rings. The second kappa shape index (κ2) is 6.42. The number of amidine groups is 1. The fourth-order valence-electron chi connectivity index (χ4n) is 3.69. The van der Waals surface area contributed by atoms with Crippen molar-refractivity contribution in [2.24, 2.45) is 10.9 Å². The third-order valence-corrected chi connectivity index (χ3v) is 6.06. The highest BCUT2D eigenvalue weighted by Gasteiger charge is 2.55. The summed E-state index contributed by atoms with van der Waals surface area (Å²) < 4.78 is 20.6. The van der Waals surface area contributed by atoms with Gasteiger partial charge in [-0.1, -0.05) is 11.8 Å². The van der Waals surface area contributed by atoms with Gasteiger partial charge >= 0.3 is 6.09 Å². The molecule has 3 N–H and O–H groups in total. The van der Waals surface area contributed by atoms with E-state index < -0.39 is 29.1 Å². The molecule has 0 saturated carbocycles. The molecule has 0 spiro atoms. The zero-order chi connectivity index (χ0) is 19.3.